The maximum absolute atomic E-state index is 13.1. The molecule has 0 saturated heterocycles. The van der Waals surface area contributed by atoms with Gasteiger partial charge in [0.2, 0.25) is 5.91 Å². The molecule has 1 aromatic heterocycles. The predicted octanol–water partition coefficient (Wildman–Crippen LogP) is 3.46. The van der Waals surface area contributed by atoms with Gasteiger partial charge in [0.15, 0.2) is 11.4 Å². The van der Waals surface area contributed by atoms with Gasteiger partial charge in [-0.15, -0.1) is 0 Å². The summed E-state index contributed by atoms with van der Waals surface area (Å²) < 4.78 is 5.53. The van der Waals surface area contributed by atoms with Crippen molar-refractivity contribution in [3.05, 3.63) is 47.0 Å². The second-order valence-corrected chi connectivity index (χ2v) is 9.40. The fraction of sp³-hybridized carbons (Fsp3) is 0.455. The quantitative estimate of drug-likeness (QED) is 0.466. The molecule has 0 fully saturated rings. The second-order valence-electron chi connectivity index (χ2n) is 8.34. The number of rotatable bonds is 9. The average Bonchev–Trinajstić information content (AvgIpc) is 3.12. The highest BCUT2D eigenvalue weighted by atomic mass is 32.1. The molecule has 2 rings (SSSR count). The van der Waals surface area contributed by atoms with E-state index in [0.717, 1.165) is 5.56 Å². The molecule has 0 spiro atoms. The molecule has 30 heavy (non-hydrogen) atoms. The molecule has 0 aliphatic carbocycles. The van der Waals surface area contributed by atoms with Crippen LogP contribution in [0.5, 0.6) is 0 Å². The van der Waals surface area contributed by atoms with Gasteiger partial charge in [0.05, 0.1) is 11.1 Å². The molecule has 8 heteroatoms. The molecule has 2 aromatic rings. The number of nitrogens with zero attached hydrogens (tertiary/aromatic N) is 1. The Morgan fingerprint density at radius 1 is 1.20 bits per heavy atom. The molecule has 0 saturated carbocycles. The van der Waals surface area contributed by atoms with Crippen molar-refractivity contribution in [2.75, 3.05) is 5.32 Å². The summed E-state index contributed by atoms with van der Waals surface area (Å²) in [4.78, 5) is 41.3. The van der Waals surface area contributed by atoms with Crippen LogP contribution in [0.2, 0.25) is 0 Å². The largest absolute Gasteiger partial charge is 0.458 e. The van der Waals surface area contributed by atoms with Crippen LogP contribution < -0.4 is 10.6 Å². The molecule has 7 nitrogen and oxygen atoms in total. The van der Waals surface area contributed by atoms with E-state index in [-0.39, 0.29) is 11.8 Å². The van der Waals surface area contributed by atoms with E-state index in [0.29, 0.717) is 22.7 Å². The number of carbonyl (C=O) groups excluding carboxylic acids is 3. The maximum Gasteiger partial charge on any atom is 0.329 e. The minimum atomic E-state index is -0.830. The third-order valence-corrected chi connectivity index (χ3v) is 5.01. The van der Waals surface area contributed by atoms with Gasteiger partial charge in [0.25, 0.3) is 0 Å². The summed E-state index contributed by atoms with van der Waals surface area (Å²) in [5, 5.41) is 6.39. The molecule has 1 aromatic carbocycles. The third-order valence-electron chi connectivity index (χ3n) is 4.16. The van der Waals surface area contributed by atoms with Crippen LogP contribution in [0, 0.1) is 5.92 Å². The molecule has 0 bridgehead atoms. The maximum atomic E-state index is 13.1. The molecule has 162 valence electrons. The van der Waals surface area contributed by atoms with Crippen molar-refractivity contribution < 1.29 is 19.1 Å². The molecule has 2 N–H and O–H groups in total. The fourth-order valence-corrected chi connectivity index (χ4v) is 3.42. The van der Waals surface area contributed by atoms with E-state index in [2.05, 4.69) is 15.6 Å². The first-order valence-electron chi connectivity index (χ1n) is 9.83. The van der Waals surface area contributed by atoms with E-state index in [1.54, 1.807) is 20.8 Å². The smallest absolute Gasteiger partial charge is 0.329 e. The number of aldehydes is 1. The molecule has 1 heterocycles. The summed E-state index contributed by atoms with van der Waals surface area (Å²) in [7, 11) is 0. The molecule has 1 unspecified atom stereocenters. The van der Waals surface area contributed by atoms with Crippen LogP contribution in [0.3, 0.4) is 0 Å². The fourth-order valence-electron chi connectivity index (χ4n) is 2.75. The molecule has 1 amide bonds. The van der Waals surface area contributed by atoms with E-state index >= 15 is 0 Å². The normalized spacial score (nSPS) is 13.4. The molecule has 0 radical (unpaired) electrons. The van der Waals surface area contributed by atoms with Crippen molar-refractivity contribution in [3.63, 3.8) is 0 Å². The number of benzene rings is 1. The molecule has 2 atom stereocenters. The Morgan fingerprint density at radius 2 is 1.87 bits per heavy atom. The number of hydrogen-bond donors (Lipinski definition) is 2. The van der Waals surface area contributed by atoms with E-state index in [1.165, 1.54) is 17.5 Å². The summed E-state index contributed by atoms with van der Waals surface area (Å²) in [5.74, 6) is -0.899. The lowest BCUT2D eigenvalue weighted by Crippen LogP contribution is -2.51. The van der Waals surface area contributed by atoms with Gasteiger partial charge in [-0.2, -0.15) is 0 Å². The molecular weight excluding hydrogens is 402 g/mol. The van der Waals surface area contributed by atoms with Crippen molar-refractivity contribution in [1.29, 1.82) is 0 Å². The van der Waals surface area contributed by atoms with Gasteiger partial charge in [-0.25, -0.2) is 9.78 Å². The molecular formula is C22H29N3O4S. The van der Waals surface area contributed by atoms with Gasteiger partial charge in [-0.1, -0.05) is 55.5 Å². The van der Waals surface area contributed by atoms with Crippen LogP contribution in [0.15, 0.2) is 36.5 Å². The lowest BCUT2D eigenvalue weighted by atomic mass is 10.0. The van der Waals surface area contributed by atoms with E-state index < -0.39 is 23.7 Å². The minimum Gasteiger partial charge on any atom is -0.458 e. The summed E-state index contributed by atoms with van der Waals surface area (Å²) in [6, 6.07) is 8.01. The van der Waals surface area contributed by atoms with Gasteiger partial charge in [-0.05, 0) is 32.3 Å². The summed E-state index contributed by atoms with van der Waals surface area (Å²) >= 11 is 1.17. The zero-order valence-corrected chi connectivity index (χ0v) is 18.8. The van der Waals surface area contributed by atoms with Gasteiger partial charge in [0.1, 0.15) is 17.7 Å². The van der Waals surface area contributed by atoms with Crippen molar-refractivity contribution in [2.24, 2.45) is 5.92 Å². The Morgan fingerprint density at radius 3 is 2.40 bits per heavy atom. The number of esters is 1. The van der Waals surface area contributed by atoms with Gasteiger partial charge >= 0.3 is 5.97 Å². The van der Waals surface area contributed by atoms with Crippen LogP contribution in [0.4, 0.5) is 5.13 Å². The Balaban J connectivity index is 2.18. The van der Waals surface area contributed by atoms with Gasteiger partial charge in [0, 0.05) is 6.42 Å². The van der Waals surface area contributed by atoms with Crippen molar-refractivity contribution in [2.45, 2.75) is 58.7 Å². The first kappa shape index (κ1) is 23.5. The monoisotopic (exact) mass is 431 g/mol. The standard InChI is InChI=1S/C22H29N3O4S/c1-14(2)18(25-21-23-12-16(13-26)30-21)19(27)24-17(20(28)29-22(3,4)5)11-15-9-7-6-8-10-15/h6-10,12-14,17-18H,11H2,1-5H3,(H,23,25)(H,24,27)/t17-,18?/m0/s1. The van der Waals surface area contributed by atoms with Crippen LogP contribution >= 0.6 is 11.3 Å². The second kappa shape index (κ2) is 10.3. The van der Waals surface area contributed by atoms with Crippen molar-refractivity contribution >= 4 is 34.6 Å². The van der Waals surface area contributed by atoms with Crippen LogP contribution in [-0.4, -0.2) is 40.8 Å². The van der Waals surface area contributed by atoms with Gasteiger partial charge in [-0.3, -0.25) is 9.59 Å². The van der Waals surface area contributed by atoms with Crippen LogP contribution in [-0.2, 0) is 20.7 Å². The Labute approximate surface area is 181 Å². The third kappa shape index (κ3) is 7.26. The summed E-state index contributed by atoms with van der Waals surface area (Å²) in [5.41, 5.74) is 0.247. The van der Waals surface area contributed by atoms with Crippen LogP contribution in [0.1, 0.15) is 49.9 Å². The number of carbonyl (C=O) groups is 3. The Bertz CT molecular complexity index is 859. The van der Waals surface area contributed by atoms with Gasteiger partial charge < -0.3 is 15.4 Å². The zero-order chi connectivity index (χ0) is 22.3. The number of thiazole rings is 1. The first-order valence-corrected chi connectivity index (χ1v) is 10.7. The van der Waals surface area contributed by atoms with Crippen molar-refractivity contribution in [3.8, 4) is 0 Å². The number of ether oxygens (including phenoxy) is 1. The lowest BCUT2D eigenvalue weighted by molar-refractivity contribution is -0.158. The number of anilines is 1. The average molecular weight is 432 g/mol. The van der Waals surface area contributed by atoms with E-state index in [4.69, 9.17) is 4.74 Å². The topological polar surface area (TPSA) is 97.4 Å². The number of nitrogens with one attached hydrogen (secondary N) is 2. The minimum absolute atomic E-state index is 0.0791. The highest BCUT2D eigenvalue weighted by Gasteiger charge is 2.31. The van der Waals surface area contributed by atoms with E-state index in [9.17, 15) is 14.4 Å². The van der Waals surface area contributed by atoms with E-state index in [1.807, 2.05) is 44.2 Å². The van der Waals surface area contributed by atoms with Crippen molar-refractivity contribution in [1.82, 2.24) is 10.3 Å². The lowest BCUT2D eigenvalue weighted by Gasteiger charge is -2.27. The van der Waals surface area contributed by atoms with Crippen LogP contribution in [0.25, 0.3) is 0 Å². The number of hydrogen-bond acceptors (Lipinski definition) is 7. The summed E-state index contributed by atoms with van der Waals surface area (Å²) in [6.07, 6.45) is 2.48. The molecule has 0 aliphatic heterocycles. The molecule has 0 aliphatic rings. The number of aromatic nitrogens is 1. The zero-order valence-electron chi connectivity index (χ0n) is 18.0. The SMILES string of the molecule is CC(C)C(Nc1ncc(C=O)s1)C(=O)N[C@@H](Cc1ccccc1)C(=O)OC(C)(C)C. The first-order chi connectivity index (χ1) is 14.1. The highest BCUT2D eigenvalue weighted by Crippen LogP contribution is 2.20. The predicted molar refractivity (Wildman–Crippen MR) is 118 cm³/mol. The highest BCUT2D eigenvalue weighted by molar-refractivity contribution is 7.17. The Kier molecular flexibility index (Phi) is 8.11. The number of amides is 1. The Hall–Kier alpha value is -2.74. The summed E-state index contributed by atoms with van der Waals surface area (Å²) in [6.45, 7) is 9.16.